The predicted molar refractivity (Wildman–Crippen MR) is 105 cm³/mol. The van der Waals surface area contributed by atoms with Crippen molar-refractivity contribution < 1.29 is 5.11 Å². The average Bonchev–Trinajstić information content (AvgIpc) is 2.63. The van der Waals surface area contributed by atoms with Crippen molar-refractivity contribution in [2.75, 3.05) is 11.5 Å². The van der Waals surface area contributed by atoms with Crippen LogP contribution in [0.4, 0.5) is 11.4 Å². The van der Waals surface area contributed by atoms with E-state index in [1.807, 2.05) is 48.5 Å². The third-order valence-electron chi connectivity index (χ3n) is 4.45. The number of aliphatic hydroxyl groups is 1. The molecule has 25 heavy (non-hydrogen) atoms. The Kier molecular flexibility index (Phi) is 4.59. The molecule has 0 atom stereocenters. The molecule has 3 aromatic rings. The zero-order valence-corrected chi connectivity index (χ0v) is 14.0. The molecule has 0 aromatic heterocycles. The molecule has 0 unspecified atom stereocenters. The molecule has 126 valence electrons. The third-order valence-corrected chi connectivity index (χ3v) is 4.45. The zero-order chi connectivity index (χ0) is 17.9. The van der Waals surface area contributed by atoms with Crippen LogP contribution < -0.4 is 11.5 Å². The van der Waals surface area contributed by atoms with Gasteiger partial charge in [0.15, 0.2) is 0 Å². The molecular weight excluding hydrogens is 308 g/mol. The smallest absolute Gasteiger partial charge is 0.119 e. The fourth-order valence-electron chi connectivity index (χ4n) is 2.96. The van der Waals surface area contributed by atoms with E-state index in [0.717, 1.165) is 22.3 Å². The zero-order valence-electron chi connectivity index (χ0n) is 14.0. The maximum atomic E-state index is 11.6. The second-order valence-electron chi connectivity index (χ2n) is 6.23. The van der Waals surface area contributed by atoms with Crippen molar-refractivity contribution in [3.05, 3.63) is 102 Å². The Morgan fingerprint density at radius 3 is 1.60 bits per heavy atom. The molecular formula is C22H22N2O. The van der Waals surface area contributed by atoms with Gasteiger partial charge < -0.3 is 16.6 Å². The quantitative estimate of drug-likeness (QED) is 0.620. The Balaban J connectivity index is 2.05. The summed E-state index contributed by atoms with van der Waals surface area (Å²) in [7, 11) is 0. The molecule has 0 spiro atoms. The SMILES string of the molecule is C=Cc1ccc(CC(O)(c2ccc(N)cc2)c2ccc(N)cc2)cc1. The van der Waals surface area contributed by atoms with E-state index in [2.05, 4.69) is 6.58 Å². The molecule has 0 aliphatic carbocycles. The van der Waals surface area contributed by atoms with Crippen LogP contribution in [-0.2, 0) is 12.0 Å². The molecule has 0 aliphatic heterocycles. The number of anilines is 2. The Bertz CT molecular complexity index is 805. The Morgan fingerprint density at radius 2 is 1.20 bits per heavy atom. The minimum absolute atomic E-state index is 0.443. The van der Waals surface area contributed by atoms with Gasteiger partial charge in [-0.15, -0.1) is 0 Å². The van der Waals surface area contributed by atoms with E-state index in [9.17, 15) is 5.11 Å². The van der Waals surface area contributed by atoms with Crippen molar-refractivity contribution in [3.8, 4) is 0 Å². The van der Waals surface area contributed by atoms with Crippen molar-refractivity contribution in [1.82, 2.24) is 0 Å². The lowest BCUT2D eigenvalue weighted by molar-refractivity contribution is 0.0812. The fourth-order valence-corrected chi connectivity index (χ4v) is 2.96. The van der Waals surface area contributed by atoms with E-state index in [0.29, 0.717) is 17.8 Å². The van der Waals surface area contributed by atoms with Gasteiger partial charge in [-0.05, 0) is 46.5 Å². The normalized spacial score (nSPS) is 11.2. The monoisotopic (exact) mass is 330 g/mol. The molecule has 0 saturated heterocycles. The predicted octanol–water partition coefficient (Wildman–Crippen LogP) is 3.97. The summed E-state index contributed by atoms with van der Waals surface area (Å²) >= 11 is 0. The van der Waals surface area contributed by atoms with Crippen LogP contribution in [0.3, 0.4) is 0 Å². The number of benzene rings is 3. The largest absolute Gasteiger partial charge is 0.399 e. The summed E-state index contributed by atoms with van der Waals surface area (Å²) in [5.74, 6) is 0. The first-order chi connectivity index (χ1) is 12.0. The Morgan fingerprint density at radius 1 is 0.760 bits per heavy atom. The molecule has 5 N–H and O–H groups in total. The van der Waals surface area contributed by atoms with Crippen molar-refractivity contribution in [2.24, 2.45) is 0 Å². The number of rotatable bonds is 5. The van der Waals surface area contributed by atoms with Crippen LogP contribution in [0, 0.1) is 0 Å². The number of nitrogens with two attached hydrogens (primary N) is 2. The van der Waals surface area contributed by atoms with Crippen LogP contribution in [0.1, 0.15) is 22.3 Å². The van der Waals surface area contributed by atoms with E-state index in [1.54, 1.807) is 30.3 Å². The first-order valence-electron chi connectivity index (χ1n) is 8.17. The number of nitrogen functional groups attached to an aromatic ring is 2. The minimum Gasteiger partial charge on any atom is -0.399 e. The maximum Gasteiger partial charge on any atom is 0.119 e. The Hall–Kier alpha value is -3.04. The molecule has 3 nitrogen and oxygen atoms in total. The van der Waals surface area contributed by atoms with Gasteiger partial charge in [-0.25, -0.2) is 0 Å². The highest BCUT2D eigenvalue weighted by Gasteiger charge is 2.31. The van der Waals surface area contributed by atoms with Crippen molar-refractivity contribution in [2.45, 2.75) is 12.0 Å². The lowest BCUT2D eigenvalue weighted by Gasteiger charge is -2.30. The van der Waals surface area contributed by atoms with Gasteiger partial charge in [0.25, 0.3) is 0 Å². The van der Waals surface area contributed by atoms with Crippen LogP contribution in [-0.4, -0.2) is 5.11 Å². The summed E-state index contributed by atoms with van der Waals surface area (Å²) in [4.78, 5) is 0. The third kappa shape index (κ3) is 3.57. The van der Waals surface area contributed by atoms with Gasteiger partial charge in [0.05, 0.1) is 0 Å². The van der Waals surface area contributed by atoms with Gasteiger partial charge in [-0.2, -0.15) is 0 Å². The fraction of sp³-hybridized carbons (Fsp3) is 0.0909. The highest BCUT2D eigenvalue weighted by Crippen LogP contribution is 2.34. The maximum absolute atomic E-state index is 11.6. The number of hydrogen-bond donors (Lipinski definition) is 3. The van der Waals surface area contributed by atoms with Gasteiger partial charge in [-0.1, -0.05) is 61.2 Å². The van der Waals surface area contributed by atoms with Crippen molar-refractivity contribution >= 4 is 17.5 Å². The van der Waals surface area contributed by atoms with Gasteiger partial charge in [0.1, 0.15) is 5.60 Å². The summed E-state index contributed by atoms with van der Waals surface area (Å²) in [6, 6.07) is 22.7. The van der Waals surface area contributed by atoms with Crippen LogP contribution in [0.25, 0.3) is 6.08 Å². The molecule has 0 heterocycles. The van der Waals surface area contributed by atoms with Crippen molar-refractivity contribution in [3.63, 3.8) is 0 Å². The molecule has 3 aromatic carbocycles. The summed E-state index contributed by atoms with van der Waals surface area (Å²) < 4.78 is 0. The molecule has 0 bridgehead atoms. The van der Waals surface area contributed by atoms with Gasteiger partial charge in [0.2, 0.25) is 0 Å². The minimum atomic E-state index is -1.17. The molecule has 0 amide bonds. The lowest BCUT2D eigenvalue weighted by atomic mass is 9.81. The van der Waals surface area contributed by atoms with Crippen molar-refractivity contribution in [1.29, 1.82) is 0 Å². The Labute approximate surface area is 148 Å². The molecule has 0 radical (unpaired) electrons. The van der Waals surface area contributed by atoms with E-state index in [4.69, 9.17) is 11.5 Å². The van der Waals surface area contributed by atoms with Crippen LogP contribution in [0.2, 0.25) is 0 Å². The first-order valence-corrected chi connectivity index (χ1v) is 8.17. The lowest BCUT2D eigenvalue weighted by Crippen LogP contribution is -2.30. The van der Waals surface area contributed by atoms with Gasteiger partial charge in [0, 0.05) is 17.8 Å². The van der Waals surface area contributed by atoms with E-state index in [-0.39, 0.29) is 0 Å². The summed E-state index contributed by atoms with van der Waals surface area (Å²) in [6.07, 6.45) is 2.24. The molecule has 0 saturated carbocycles. The summed E-state index contributed by atoms with van der Waals surface area (Å²) in [5.41, 5.74) is 15.4. The molecule has 3 rings (SSSR count). The standard InChI is InChI=1S/C22H22N2O/c1-2-16-3-5-17(6-4-16)15-22(25,18-7-11-20(23)12-8-18)19-9-13-21(24)14-10-19/h2-14,25H,1,15,23-24H2. The highest BCUT2D eigenvalue weighted by molar-refractivity contribution is 5.50. The molecule has 0 aliphatic rings. The summed E-state index contributed by atoms with van der Waals surface area (Å²) in [6.45, 7) is 3.77. The number of hydrogen-bond acceptors (Lipinski definition) is 3. The first kappa shape index (κ1) is 16.8. The summed E-state index contributed by atoms with van der Waals surface area (Å²) in [5, 5.41) is 11.6. The van der Waals surface area contributed by atoms with E-state index >= 15 is 0 Å². The van der Waals surface area contributed by atoms with Crippen LogP contribution >= 0.6 is 0 Å². The molecule has 0 fully saturated rings. The van der Waals surface area contributed by atoms with Crippen LogP contribution in [0.5, 0.6) is 0 Å². The van der Waals surface area contributed by atoms with Gasteiger partial charge >= 0.3 is 0 Å². The van der Waals surface area contributed by atoms with E-state index < -0.39 is 5.60 Å². The highest BCUT2D eigenvalue weighted by atomic mass is 16.3. The van der Waals surface area contributed by atoms with Crippen LogP contribution in [0.15, 0.2) is 79.4 Å². The topological polar surface area (TPSA) is 72.3 Å². The average molecular weight is 330 g/mol. The van der Waals surface area contributed by atoms with Gasteiger partial charge in [-0.3, -0.25) is 0 Å². The molecule has 3 heteroatoms. The second kappa shape index (κ2) is 6.83. The second-order valence-corrected chi connectivity index (χ2v) is 6.23. The van der Waals surface area contributed by atoms with E-state index in [1.165, 1.54) is 0 Å².